The van der Waals surface area contributed by atoms with Crippen molar-refractivity contribution in [2.45, 2.75) is 52.7 Å². The number of carbonyl (C=O) groups excluding carboxylic acids is 2. The molecule has 1 rings (SSSR count). The van der Waals surface area contributed by atoms with E-state index in [1.807, 2.05) is 0 Å². The maximum atomic E-state index is 12.4. The van der Waals surface area contributed by atoms with Crippen molar-refractivity contribution in [3.05, 3.63) is 11.8 Å². The molecule has 1 aromatic heterocycles. The highest BCUT2D eigenvalue weighted by molar-refractivity contribution is 6.09. The van der Waals surface area contributed by atoms with Crippen molar-refractivity contribution in [2.24, 2.45) is 7.05 Å². The quantitative estimate of drug-likeness (QED) is 0.880. The third kappa shape index (κ3) is 5.25. The van der Waals surface area contributed by atoms with Crippen LogP contribution >= 0.6 is 0 Å². The van der Waals surface area contributed by atoms with Crippen molar-refractivity contribution in [3.63, 3.8) is 0 Å². The molecule has 0 spiro atoms. The Balaban J connectivity index is 3.30. The number of rotatable bonds is 2. The molecule has 0 saturated carbocycles. The van der Waals surface area contributed by atoms with E-state index in [9.17, 15) is 14.4 Å². The zero-order valence-corrected chi connectivity index (χ0v) is 14.9. The molecule has 0 aromatic carbocycles. The number of hydrogen-bond donors (Lipinski definition) is 1. The Bertz CT molecular complexity index is 623. The summed E-state index contributed by atoms with van der Waals surface area (Å²) in [6.45, 7) is 9.86. The molecule has 0 aliphatic heterocycles. The lowest BCUT2D eigenvalue weighted by Gasteiger charge is -2.28. The lowest BCUT2D eigenvalue weighted by molar-refractivity contribution is 0.0426. The number of nitrogens with zero attached hydrogens (tertiary/aromatic N) is 3. The van der Waals surface area contributed by atoms with Gasteiger partial charge in [-0.25, -0.2) is 14.4 Å². The van der Waals surface area contributed by atoms with Gasteiger partial charge in [-0.1, -0.05) is 0 Å². The monoisotopic (exact) mass is 341 g/mol. The number of carboxylic acids is 1. The van der Waals surface area contributed by atoms with Crippen LogP contribution in [0.3, 0.4) is 0 Å². The number of amides is 2. The minimum absolute atomic E-state index is 0.0732. The van der Waals surface area contributed by atoms with Gasteiger partial charge in [-0.05, 0) is 41.5 Å². The average Bonchev–Trinajstić information content (AvgIpc) is 2.67. The van der Waals surface area contributed by atoms with E-state index in [0.717, 1.165) is 10.7 Å². The van der Waals surface area contributed by atoms with Crippen molar-refractivity contribution in [2.75, 3.05) is 4.90 Å². The second kappa shape index (κ2) is 6.50. The van der Waals surface area contributed by atoms with Gasteiger partial charge in [-0.2, -0.15) is 10.00 Å². The molecular weight excluding hydrogens is 318 g/mol. The van der Waals surface area contributed by atoms with E-state index >= 15 is 0 Å². The van der Waals surface area contributed by atoms with Gasteiger partial charge in [0.15, 0.2) is 5.69 Å². The average molecular weight is 341 g/mol. The lowest BCUT2D eigenvalue weighted by Crippen LogP contribution is -2.44. The highest BCUT2D eigenvalue weighted by Crippen LogP contribution is 2.22. The SMILES string of the molecule is Cn1nc(C(=O)O)cc1N(C(=O)OC(C)(C)C)C(=O)OC(C)(C)C. The van der Waals surface area contributed by atoms with Gasteiger partial charge in [0, 0.05) is 13.1 Å². The van der Waals surface area contributed by atoms with Crippen molar-refractivity contribution >= 4 is 24.0 Å². The van der Waals surface area contributed by atoms with Gasteiger partial charge in [-0.15, -0.1) is 0 Å². The number of ether oxygens (including phenoxy) is 2. The Hall–Kier alpha value is -2.58. The largest absolute Gasteiger partial charge is 0.476 e. The Morgan fingerprint density at radius 2 is 1.46 bits per heavy atom. The van der Waals surface area contributed by atoms with Gasteiger partial charge < -0.3 is 14.6 Å². The number of aromatic nitrogens is 2. The molecular formula is C15H23N3O6. The first kappa shape index (κ1) is 19.5. The summed E-state index contributed by atoms with van der Waals surface area (Å²) in [4.78, 5) is 36.5. The molecule has 9 heteroatoms. The second-order valence-electron chi connectivity index (χ2n) is 7.11. The molecule has 2 amide bonds. The lowest BCUT2D eigenvalue weighted by atomic mass is 10.2. The normalized spacial score (nSPS) is 11.8. The number of aromatic carboxylic acids is 1. The topological polar surface area (TPSA) is 111 Å². The first-order chi connectivity index (χ1) is 10.7. The smallest absolute Gasteiger partial charge is 0.425 e. The molecule has 1 heterocycles. The van der Waals surface area contributed by atoms with Crippen LogP contribution in [0.5, 0.6) is 0 Å². The van der Waals surface area contributed by atoms with Crippen molar-refractivity contribution < 1.29 is 29.0 Å². The predicted octanol–water partition coefficient (Wildman–Crippen LogP) is 2.79. The number of imide groups is 1. The molecule has 0 radical (unpaired) electrons. The zero-order chi connectivity index (χ0) is 18.9. The molecule has 0 atom stereocenters. The van der Waals surface area contributed by atoms with Crippen molar-refractivity contribution in [3.8, 4) is 0 Å². The van der Waals surface area contributed by atoms with Crippen LogP contribution in [-0.2, 0) is 16.5 Å². The summed E-state index contributed by atoms with van der Waals surface area (Å²) in [5, 5.41) is 12.8. The maximum absolute atomic E-state index is 12.4. The molecule has 0 saturated heterocycles. The van der Waals surface area contributed by atoms with Gasteiger partial charge in [-0.3, -0.25) is 4.68 Å². The van der Waals surface area contributed by atoms with E-state index in [2.05, 4.69) is 5.10 Å². The highest BCUT2D eigenvalue weighted by Gasteiger charge is 2.35. The van der Waals surface area contributed by atoms with Crippen LogP contribution in [0.1, 0.15) is 52.0 Å². The van der Waals surface area contributed by atoms with E-state index in [1.54, 1.807) is 41.5 Å². The number of carboxylic acid groups (broad SMARTS) is 1. The van der Waals surface area contributed by atoms with Gasteiger partial charge in [0.05, 0.1) is 0 Å². The zero-order valence-electron chi connectivity index (χ0n) is 14.9. The van der Waals surface area contributed by atoms with Crippen LogP contribution in [0, 0.1) is 0 Å². The predicted molar refractivity (Wildman–Crippen MR) is 85.1 cm³/mol. The highest BCUT2D eigenvalue weighted by atomic mass is 16.6. The van der Waals surface area contributed by atoms with E-state index < -0.39 is 29.4 Å². The van der Waals surface area contributed by atoms with Crippen LogP contribution < -0.4 is 4.90 Å². The molecule has 0 aliphatic carbocycles. The summed E-state index contributed by atoms with van der Waals surface area (Å²) in [5.41, 5.74) is -2.03. The molecule has 134 valence electrons. The van der Waals surface area contributed by atoms with Crippen LogP contribution in [0.25, 0.3) is 0 Å². The first-order valence-electron chi connectivity index (χ1n) is 7.25. The molecule has 0 unspecified atom stereocenters. The van der Waals surface area contributed by atoms with Crippen LogP contribution in [-0.4, -0.2) is 44.2 Å². The van der Waals surface area contributed by atoms with E-state index in [0.29, 0.717) is 4.90 Å². The molecule has 1 aromatic rings. The number of anilines is 1. The second-order valence-corrected chi connectivity index (χ2v) is 7.11. The fourth-order valence-corrected chi connectivity index (χ4v) is 1.65. The summed E-state index contributed by atoms with van der Waals surface area (Å²) >= 11 is 0. The molecule has 9 nitrogen and oxygen atoms in total. The Kier molecular flexibility index (Phi) is 5.27. The molecule has 0 fully saturated rings. The van der Waals surface area contributed by atoms with E-state index in [4.69, 9.17) is 14.6 Å². The van der Waals surface area contributed by atoms with Gasteiger partial charge in [0.2, 0.25) is 0 Å². The molecule has 0 aliphatic rings. The van der Waals surface area contributed by atoms with Gasteiger partial charge >= 0.3 is 18.2 Å². The summed E-state index contributed by atoms with van der Waals surface area (Å²) in [6, 6.07) is 1.09. The van der Waals surface area contributed by atoms with Crippen molar-refractivity contribution in [1.29, 1.82) is 0 Å². The maximum Gasteiger partial charge on any atom is 0.425 e. The third-order valence-electron chi connectivity index (χ3n) is 2.46. The minimum Gasteiger partial charge on any atom is -0.476 e. The molecule has 0 bridgehead atoms. The minimum atomic E-state index is -1.29. The number of carbonyl (C=O) groups is 3. The molecule has 24 heavy (non-hydrogen) atoms. The first-order valence-corrected chi connectivity index (χ1v) is 7.25. The third-order valence-corrected chi connectivity index (χ3v) is 2.46. The Morgan fingerprint density at radius 3 is 1.75 bits per heavy atom. The Labute approximate surface area is 140 Å². The number of aryl methyl sites for hydroxylation is 1. The fraction of sp³-hybridized carbons (Fsp3) is 0.600. The molecule has 1 N–H and O–H groups in total. The Morgan fingerprint density at radius 1 is 1.04 bits per heavy atom. The van der Waals surface area contributed by atoms with Crippen LogP contribution in [0.4, 0.5) is 15.4 Å². The van der Waals surface area contributed by atoms with E-state index in [-0.39, 0.29) is 11.5 Å². The summed E-state index contributed by atoms with van der Waals surface area (Å²) in [5.74, 6) is -1.36. The van der Waals surface area contributed by atoms with Crippen LogP contribution in [0.2, 0.25) is 0 Å². The van der Waals surface area contributed by atoms with E-state index in [1.165, 1.54) is 7.05 Å². The van der Waals surface area contributed by atoms with Crippen molar-refractivity contribution in [1.82, 2.24) is 9.78 Å². The number of hydrogen-bond acceptors (Lipinski definition) is 6. The fourth-order valence-electron chi connectivity index (χ4n) is 1.65. The summed E-state index contributed by atoms with van der Waals surface area (Å²) < 4.78 is 11.5. The standard InChI is InChI=1S/C15H23N3O6/c1-14(2,3)23-12(21)18(13(22)24-15(4,5)6)10-8-9(11(19)20)16-17(10)7/h8H,1-7H3,(H,19,20). The van der Waals surface area contributed by atoms with Crippen LogP contribution in [0.15, 0.2) is 6.07 Å². The summed E-state index contributed by atoms with van der Waals surface area (Å²) in [6.07, 6.45) is -1.98. The van der Waals surface area contributed by atoms with Gasteiger partial charge in [0.25, 0.3) is 0 Å². The summed E-state index contributed by atoms with van der Waals surface area (Å²) in [7, 11) is 1.41. The van der Waals surface area contributed by atoms with Gasteiger partial charge in [0.1, 0.15) is 17.0 Å².